The summed E-state index contributed by atoms with van der Waals surface area (Å²) in [4.78, 5) is 11.9. The van der Waals surface area contributed by atoms with Crippen LogP contribution in [-0.4, -0.2) is 24.7 Å². The number of benzene rings is 1. The second kappa shape index (κ2) is 6.16. The average molecular weight is 274 g/mol. The lowest BCUT2D eigenvalue weighted by Gasteiger charge is -2.23. The SMILES string of the molecule is O=C(NCC1Cc2ccccc2O1)NC1CCCCC1. The summed E-state index contributed by atoms with van der Waals surface area (Å²) in [6.07, 6.45) is 6.91. The van der Waals surface area contributed by atoms with Crippen LogP contribution in [0.2, 0.25) is 0 Å². The van der Waals surface area contributed by atoms with Crippen LogP contribution in [0.25, 0.3) is 0 Å². The highest BCUT2D eigenvalue weighted by atomic mass is 16.5. The Morgan fingerprint density at radius 2 is 2.00 bits per heavy atom. The lowest BCUT2D eigenvalue weighted by Crippen LogP contribution is -2.45. The summed E-state index contributed by atoms with van der Waals surface area (Å²) in [5.74, 6) is 0.951. The van der Waals surface area contributed by atoms with Crippen molar-refractivity contribution in [2.24, 2.45) is 0 Å². The van der Waals surface area contributed by atoms with Crippen LogP contribution in [0.5, 0.6) is 5.75 Å². The van der Waals surface area contributed by atoms with E-state index >= 15 is 0 Å². The van der Waals surface area contributed by atoms with Crippen molar-refractivity contribution in [1.82, 2.24) is 10.6 Å². The molecule has 2 aliphatic rings. The van der Waals surface area contributed by atoms with E-state index in [4.69, 9.17) is 4.74 Å². The Morgan fingerprint density at radius 3 is 2.80 bits per heavy atom. The normalized spacial score (nSPS) is 21.9. The number of amides is 2. The van der Waals surface area contributed by atoms with Crippen molar-refractivity contribution in [2.75, 3.05) is 6.54 Å². The number of hydrogen-bond acceptors (Lipinski definition) is 2. The zero-order valence-corrected chi connectivity index (χ0v) is 11.7. The maximum atomic E-state index is 11.9. The molecule has 1 aliphatic heterocycles. The van der Waals surface area contributed by atoms with Gasteiger partial charge in [0, 0.05) is 12.5 Å². The molecule has 0 radical (unpaired) electrons. The summed E-state index contributed by atoms with van der Waals surface area (Å²) in [5.41, 5.74) is 1.23. The van der Waals surface area contributed by atoms with Gasteiger partial charge >= 0.3 is 6.03 Å². The van der Waals surface area contributed by atoms with E-state index in [1.165, 1.54) is 24.8 Å². The van der Waals surface area contributed by atoms with Crippen LogP contribution in [0.3, 0.4) is 0 Å². The molecule has 1 aromatic carbocycles. The van der Waals surface area contributed by atoms with E-state index in [9.17, 15) is 4.79 Å². The molecule has 1 saturated carbocycles. The third-order valence-electron chi connectivity index (χ3n) is 4.14. The lowest BCUT2D eigenvalue weighted by molar-refractivity contribution is 0.209. The first-order chi connectivity index (χ1) is 9.81. The number of rotatable bonds is 3. The number of para-hydroxylation sites is 1. The molecule has 1 fully saturated rings. The summed E-state index contributed by atoms with van der Waals surface area (Å²) in [6, 6.07) is 8.36. The fraction of sp³-hybridized carbons (Fsp3) is 0.562. The Labute approximate surface area is 119 Å². The highest BCUT2D eigenvalue weighted by molar-refractivity contribution is 5.74. The number of urea groups is 1. The van der Waals surface area contributed by atoms with Gasteiger partial charge in [0.1, 0.15) is 11.9 Å². The maximum Gasteiger partial charge on any atom is 0.315 e. The van der Waals surface area contributed by atoms with Crippen molar-refractivity contribution in [3.05, 3.63) is 29.8 Å². The minimum absolute atomic E-state index is 0.0588. The minimum atomic E-state index is -0.0588. The molecule has 1 heterocycles. The third kappa shape index (κ3) is 3.24. The van der Waals surface area contributed by atoms with E-state index in [2.05, 4.69) is 16.7 Å². The molecule has 1 atom stereocenters. The standard InChI is InChI=1S/C16H22N2O2/c19-16(18-13-7-2-1-3-8-13)17-11-14-10-12-6-4-5-9-15(12)20-14/h4-6,9,13-14H,1-3,7-8,10-11H2,(H2,17,18,19). The van der Waals surface area contributed by atoms with Gasteiger partial charge in [-0.05, 0) is 24.5 Å². The number of carbonyl (C=O) groups is 1. The van der Waals surface area contributed by atoms with E-state index < -0.39 is 0 Å². The molecule has 0 saturated heterocycles. The zero-order valence-electron chi connectivity index (χ0n) is 11.7. The Bertz CT molecular complexity index is 444. The quantitative estimate of drug-likeness (QED) is 0.890. The van der Waals surface area contributed by atoms with Crippen molar-refractivity contribution < 1.29 is 9.53 Å². The Balaban J connectivity index is 1.41. The molecule has 1 aromatic rings. The van der Waals surface area contributed by atoms with Gasteiger partial charge in [-0.25, -0.2) is 4.79 Å². The highest BCUT2D eigenvalue weighted by Crippen LogP contribution is 2.27. The molecule has 3 rings (SSSR count). The molecule has 0 spiro atoms. The van der Waals surface area contributed by atoms with E-state index in [1.807, 2.05) is 18.2 Å². The maximum absolute atomic E-state index is 11.9. The van der Waals surface area contributed by atoms with Gasteiger partial charge in [0.25, 0.3) is 0 Å². The van der Waals surface area contributed by atoms with Gasteiger partial charge < -0.3 is 15.4 Å². The Kier molecular flexibility index (Phi) is 4.09. The van der Waals surface area contributed by atoms with Crippen molar-refractivity contribution in [3.63, 3.8) is 0 Å². The van der Waals surface area contributed by atoms with Gasteiger partial charge in [-0.3, -0.25) is 0 Å². The summed E-state index contributed by atoms with van der Waals surface area (Å²) >= 11 is 0. The van der Waals surface area contributed by atoms with Crippen LogP contribution in [0.15, 0.2) is 24.3 Å². The van der Waals surface area contributed by atoms with Crippen molar-refractivity contribution in [3.8, 4) is 5.75 Å². The Morgan fingerprint density at radius 1 is 1.20 bits per heavy atom. The third-order valence-corrected chi connectivity index (χ3v) is 4.14. The predicted octanol–water partition coefficient (Wildman–Crippen LogP) is 2.62. The number of hydrogen-bond donors (Lipinski definition) is 2. The smallest absolute Gasteiger partial charge is 0.315 e. The molecule has 20 heavy (non-hydrogen) atoms. The molecule has 4 nitrogen and oxygen atoms in total. The van der Waals surface area contributed by atoms with Crippen molar-refractivity contribution in [2.45, 2.75) is 50.7 Å². The van der Waals surface area contributed by atoms with Crippen molar-refractivity contribution >= 4 is 6.03 Å². The van der Waals surface area contributed by atoms with Gasteiger partial charge in [0.15, 0.2) is 0 Å². The van der Waals surface area contributed by atoms with Crippen molar-refractivity contribution in [1.29, 1.82) is 0 Å². The molecular formula is C16H22N2O2. The van der Waals surface area contributed by atoms with Gasteiger partial charge in [-0.1, -0.05) is 37.5 Å². The van der Waals surface area contributed by atoms with Crippen LogP contribution in [0.4, 0.5) is 4.79 Å². The molecule has 4 heteroatoms. The summed E-state index contributed by atoms with van der Waals surface area (Å²) in [6.45, 7) is 0.563. The largest absolute Gasteiger partial charge is 0.488 e. The van der Waals surface area contributed by atoms with Gasteiger partial charge in [0.2, 0.25) is 0 Å². The van der Waals surface area contributed by atoms with E-state index in [0.29, 0.717) is 12.6 Å². The lowest BCUT2D eigenvalue weighted by atomic mass is 9.96. The first-order valence-electron chi connectivity index (χ1n) is 7.60. The number of carbonyl (C=O) groups excluding carboxylic acids is 1. The van der Waals surface area contributed by atoms with Crippen LogP contribution < -0.4 is 15.4 Å². The van der Waals surface area contributed by atoms with Gasteiger partial charge in [-0.15, -0.1) is 0 Å². The van der Waals surface area contributed by atoms with Crippen LogP contribution in [-0.2, 0) is 6.42 Å². The number of ether oxygens (including phenoxy) is 1. The number of fused-ring (bicyclic) bond motifs is 1. The van der Waals surface area contributed by atoms with E-state index in [-0.39, 0.29) is 12.1 Å². The van der Waals surface area contributed by atoms with Gasteiger partial charge in [-0.2, -0.15) is 0 Å². The summed E-state index contributed by atoms with van der Waals surface area (Å²) in [5, 5.41) is 5.99. The topological polar surface area (TPSA) is 50.4 Å². The fourth-order valence-electron chi connectivity index (χ4n) is 3.06. The molecule has 2 N–H and O–H groups in total. The first kappa shape index (κ1) is 13.3. The van der Waals surface area contributed by atoms with E-state index in [1.54, 1.807) is 0 Å². The average Bonchev–Trinajstić information content (AvgIpc) is 2.89. The fourth-order valence-corrected chi connectivity index (χ4v) is 3.06. The minimum Gasteiger partial charge on any atom is -0.488 e. The molecule has 2 amide bonds. The van der Waals surface area contributed by atoms with Crippen LogP contribution in [0.1, 0.15) is 37.7 Å². The molecule has 1 unspecified atom stereocenters. The zero-order chi connectivity index (χ0) is 13.8. The molecule has 1 aliphatic carbocycles. The summed E-state index contributed by atoms with van der Waals surface area (Å²) < 4.78 is 5.80. The predicted molar refractivity (Wildman–Crippen MR) is 78.0 cm³/mol. The second-order valence-electron chi connectivity index (χ2n) is 5.74. The molecule has 108 valence electrons. The molecule has 0 bridgehead atoms. The van der Waals surface area contributed by atoms with Crippen LogP contribution >= 0.6 is 0 Å². The monoisotopic (exact) mass is 274 g/mol. The first-order valence-corrected chi connectivity index (χ1v) is 7.60. The molecular weight excluding hydrogens is 252 g/mol. The Hall–Kier alpha value is -1.71. The number of nitrogens with one attached hydrogen (secondary N) is 2. The summed E-state index contributed by atoms with van der Waals surface area (Å²) in [7, 11) is 0. The second-order valence-corrected chi connectivity index (χ2v) is 5.74. The van der Waals surface area contributed by atoms with Gasteiger partial charge in [0.05, 0.1) is 6.54 Å². The highest BCUT2D eigenvalue weighted by Gasteiger charge is 2.23. The van der Waals surface area contributed by atoms with E-state index in [0.717, 1.165) is 25.0 Å². The molecule has 0 aromatic heterocycles. The van der Waals surface area contributed by atoms with Crippen LogP contribution in [0, 0.1) is 0 Å².